The van der Waals surface area contributed by atoms with Crippen LogP contribution in [0.2, 0.25) is 0 Å². The fourth-order valence-electron chi connectivity index (χ4n) is 5.93. The summed E-state index contributed by atoms with van der Waals surface area (Å²) in [4.78, 5) is 19.3. The molecule has 2 aliphatic rings. The summed E-state index contributed by atoms with van der Waals surface area (Å²) >= 11 is 0. The van der Waals surface area contributed by atoms with Gasteiger partial charge in [0.2, 0.25) is 5.95 Å². The highest BCUT2D eigenvalue weighted by atomic mass is 15.3. The maximum atomic E-state index is 4.96. The third-order valence-electron chi connectivity index (χ3n) is 7.95. The van der Waals surface area contributed by atoms with Gasteiger partial charge in [-0.2, -0.15) is 9.97 Å². The average Bonchev–Trinajstić information content (AvgIpc) is 3.30. The minimum Gasteiger partial charge on any atom is -0.365 e. The third-order valence-corrected chi connectivity index (χ3v) is 7.95. The van der Waals surface area contributed by atoms with E-state index in [1.807, 2.05) is 23.0 Å². The summed E-state index contributed by atoms with van der Waals surface area (Å²) in [7, 11) is 2.29. The zero-order chi connectivity index (χ0) is 26.8. The van der Waals surface area contributed by atoms with Crippen molar-refractivity contribution < 1.29 is 0 Å². The molecule has 0 spiro atoms. The van der Waals surface area contributed by atoms with Crippen molar-refractivity contribution in [1.82, 2.24) is 24.4 Å². The molecule has 0 atom stereocenters. The topological polar surface area (TPSA) is 62.1 Å². The van der Waals surface area contributed by atoms with Gasteiger partial charge in [0.05, 0.1) is 12.4 Å². The fourth-order valence-corrected chi connectivity index (χ4v) is 5.93. The molecule has 1 aliphatic carbocycles. The Labute approximate surface area is 230 Å². The molecule has 0 amide bonds. The summed E-state index contributed by atoms with van der Waals surface area (Å²) in [5, 5.41) is 3.36. The van der Waals surface area contributed by atoms with Crippen molar-refractivity contribution in [3.8, 4) is 0 Å². The number of allylic oxidation sites excluding steroid dienone is 1. The highest BCUT2D eigenvalue weighted by Gasteiger charge is 2.32. The van der Waals surface area contributed by atoms with E-state index in [2.05, 4.69) is 101 Å². The zero-order valence-corrected chi connectivity index (χ0v) is 22.5. The van der Waals surface area contributed by atoms with Gasteiger partial charge in [0.15, 0.2) is 17.0 Å². The summed E-state index contributed by atoms with van der Waals surface area (Å²) in [6.45, 7) is 10.8. The van der Waals surface area contributed by atoms with Crippen molar-refractivity contribution in [2.24, 2.45) is 0 Å². The standard InChI is InChI=1S/C32H35N7/c1-4-18-33-30-28-31(39(19-5-2)22-34-28)36-32(35-30)38-20-16-25(17-21-38)37(3)29-26-12-8-6-10-23(26)14-15-24-11-7-9-13-27(24)29/h4-15,22,25,29H,1-2,16-21H2,3H3,(H,33,35,36). The number of fused-ring (bicyclic) bond motifs is 3. The van der Waals surface area contributed by atoms with Crippen LogP contribution in [0.4, 0.5) is 11.8 Å². The predicted molar refractivity (Wildman–Crippen MR) is 161 cm³/mol. The lowest BCUT2D eigenvalue weighted by Gasteiger charge is -2.41. The van der Waals surface area contributed by atoms with Crippen LogP contribution in [0, 0.1) is 0 Å². The molecule has 2 aromatic heterocycles. The number of aromatic nitrogens is 4. The molecule has 1 aliphatic heterocycles. The van der Waals surface area contributed by atoms with E-state index in [4.69, 9.17) is 9.97 Å². The summed E-state index contributed by atoms with van der Waals surface area (Å²) in [5.41, 5.74) is 6.92. The largest absolute Gasteiger partial charge is 0.365 e. The highest BCUT2D eigenvalue weighted by molar-refractivity contribution is 5.84. The Bertz CT molecular complexity index is 1480. The van der Waals surface area contributed by atoms with Gasteiger partial charge in [-0.1, -0.05) is 72.8 Å². The maximum absolute atomic E-state index is 4.96. The molecule has 0 unspecified atom stereocenters. The minimum atomic E-state index is 0.208. The molecule has 7 nitrogen and oxygen atoms in total. The number of imidazole rings is 1. The second kappa shape index (κ2) is 10.9. The summed E-state index contributed by atoms with van der Waals surface area (Å²) < 4.78 is 2.02. The predicted octanol–water partition coefficient (Wildman–Crippen LogP) is 5.78. The Balaban J connectivity index is 1.26. The molecule has 0 bridgehead atoms. The molecule has 39 heavy (non-hydrogen) atoms. The second-order valence-corrected chi connectivity index (χ2v) is 10.3. The van der Waals surface area contributed by atoms with Gasteiger partial charge in [0, 0.05) is 32.2 Å². The molecule has 1 saturated heterocycles. The Morgan fingerprint density at radius 3 is 2.26 bits per heavy atom. The van der Waals surface area contributed by atoms with Gasteiger partial charge in [-0.05, 0) is 42.1 Å². The highest BCUT2D eigenvalue weighted by Crippen LogP contribution is 2.38. The van der Waals surface area contributed by atoms with Crippen molar-refractivity contribution in [3.05, 3.63) is 102 Å². The van der Waals surface area contributed by atoms with Crippen LogP contribution in [0.5, 0.6) is 0 Å². The van der Waals surface area contributed by atoms with Gasteiger partial charge in [-0.25, -0.2) is 4.98 Å². The van der Waals surface area contributed by atoms with Crippen molar-refractivity contribution >= 4 is 35.1 Å². The van der Waals surface area contributed by atoms with E-state index in [1.165, 1.54) is 22.3 Å². The first-order valence-corrected chi connectivity index (χ1v) is 13.7. The number of benzene rings is 2. The summed E-state index contributed by atoms with van der Waals surface area (Å²) in [6, 6.07) is 18.2. The van der Waals surface area contributed by atoms with Crippen LogP contribution in [0.3, 0.4) is 0 Å². The van der Waals surface area contributed by atoms with Gasteiger partial charge in [-0.3, -0.25) is 4.90 Å². The molecular formula is C32H35N7. The third kappa shape index (κ3) is 4.74. The van der Waals surface area contributed by atoms with Crippen LogP contribution >= 0.6 is 0 Å². The smallest absolute Gasteiger partial charge is 0.229 e. The first-order chi connectivity index (χ1) is 19.2. The van der Waals surface area contributed by atoms with Crippen LogP contribution in [-0.2, 0) is 6.54 Å². The van der Waals surface area contributed by atoms with Crippen LogP contribution < -0.4 is 10.2 Å². The number of hydrogen-bond acceptors (Lipinski definition) is 6. The quantitative estimate of drug-likeness (QED) is 0.299. The normalized spacial score (nSPS) is 15.7. The maximum Gasteiger partial charge on any atom is 0.229 e. The summed E-state index contributed by atoms with van der Waals surface area (Å²) in [6.07, 6.45) is 12.1. The molecule has 0 saturated carbocycles. The molecule has 2 aromatic carbocycles. The van der Waals surface area contributed by atoms with E-state index in [0.717, 1.165) is 48.9 Å². The van der Waals surface area contributed by atoms with E-state index >= 15 is 0 Å². The summed E-state index contributed by atoms with van der Waals surface area (Å²) in [5.74, 6) is 1.49. The van der Waals surface area contributed by atoms with Gasteiger partial charge in [0.25, 0.3) is 0 Å². The van der Waals surface area contributed by atoms with Gasteiger partial charge in [-0.15, -0.1) is 13.2 Å². The van der Waals surface area contributed by atoms with Gasteiger partial charge in [0.1, 0.15) is 0 Å². The zero-order valence-electron chi connectivity index (χ0n) is 22.5. The lowest BCUT2D eigenvalue weighted by Crippen LogP contribution is -2.45. The SMILES string of the molecule is C=CCNc1nc(N2CCC(N(C)C3c4ccccc4C=Cc4ccccc43)CC2)nc2c1ncn2CC=C. The Morgan fingerprint density at radius 2 is 1.62 bits per heavy atom. The molecule has 1 fully saturated rings. The van der Waals surface area contributed by atoms with E-state index in [1.54, 1.807) is 0 Å². The number of nitrogens with one attached hydrogen (secondary N) is 1. The first kappa shape index (κ1) is 25.1. The molecule has 7 heteroatoms. The first-order valence-electron chi connectivity index (χ1n) is 13.7. The number of hydrogen-bond donors (Lipinski definition) is 1. The lowest BCUT2D eigenvalue weighted by atomic mass is 9.90. The number of rotatable bonds is 8. The van der Waals surface area contributed by atoms with Crippen molar-refractivity contribution in [3.63, 3.8) is 0 Å². The molecule has 6 rings (SSSR count). The minimum absolute atomic E-state index is 0.208. The second-order valence-electron chi connectivity index (χ2n) is 10.3. The van der Waals surface area contributed by atoms with Crippen molar-refractivity contribution in [2.75, 3.05) is 36.9 Å². The molecule has 0 radical (unpaired) electrons. The van der Waals surface area contributed by atoms with Crippen LogP contribution in [-0.4, -0.2) is 57.1 Å². The Hall–Kier alpha value is -4.23. The van der Waals surface area contributed by atoms with E-state index in [9.17, 15) is 0 Å². The van der Waals surface area contributed by atoms with E-state index < -0.39 is 0 Å². The molecule has 198 valence electrons. The molecule has 3 heterocycles. The van der Waals surface area contributed by atoms with E-state index in [0.29, 0.717) is 19.1 Å². The van der Waals surface area contributed by atoms with Gasteiger partial charge >= 0.3 is 0 Å². The number of anilines is 2. The van der Waals surface area contributed by atoms with Crippen molar-refractivity contribution in [1.29, 1.82) is 0 Å². The number of nitrogens with zero attached hydrogens (tertiary/aromatic N) is 6. The Morgan fingerprint density at radius 1 is 0.949 bits per heavy atom. The van der Waals surface area contributed by atoms with Crippen LogP contribution in [0.25, 0.3) is 23.3 Å². The fraction of sp³-hybridized carbons (Fsp3) is 0.281. The Kier molecular flexibility index (Phi) is 6.99. The van der Waals surface area contributed by atoms with Gasteiger partial charge < -0.3 is 14.8 Å². The molecule has 4 aromatic rings. The number of piperidine rings is 1. The average molecular weight is 518 g/mol. The van der Waals surface area contributed by atoms with Crippen LogP contribution in [0.1, 0.15) is 41.1 Å². The lowest BCUT2D eigenvalue weighted by molar-refractivity contribution is 0.170. The molecule has 1 N–H and O–H groups in total. The van der Waals surface area contributed by atoms with Crippen LogP contribution in [0.15, 0.2) is 80.2 Å². The van der Waals surface area contributed by atoms with Crippen molar-refractivity contribution in [2.45, 2.75) is 31.5 Å². The van der Waals surface area contributed by atoms with E-state index in [-0.39, 0.29) is 6.04 Å². The molecular weight excluding hydrogens is 482 g/mol. The monoisotopic (exact) mass is 517 g/mol.